The molecule has 0 aliphatic carbocycles. The summed E-state index contributed by atoms with van der Waals surface area (Å²) in [6.45, 7) is 1.93. The van der Waals surface area contributed by atoms with Crippen LogP contribution in [0.1, 0.15) is 19.3 Å². The molecule has 1 aliphatic rings. The highest BCUT2D eigenvalue weighted by atomic mass is 32.1. The highest BCUT2D eigenvalue weighted by Gasteiger charge is 2.16. The van der Waals surface area contributed by atoms with Gasteiger partial charge in [0.2, 0.25) is 0 Å². The summed E-state index contributed by atoms with van der Waals surface area (Å²) in [6, 6.07) is 0.00836. The summed E-state index contributed by atoms with van der Waals surface area (Å²) >= 11 is 4.72. The van der Waals surface area contributed by atoms with Crippen LogP contribution in [0.4, 0.5) is 4.79 Å². The zero-order valence-electron chi connectivity index (χ0n) is 8.62. The molecule has 0 aromatic heterocycles. The number of carbonyl (C=O) groups is 1. The monoisotopic (exact) mass is 231 g/mol. The molecule has 86 valence electrons. The molecule has 15 heavy (non-hydrogen) atoms. The normalized spacial score (nSPS) is 19.9. The maximum Gasteiger partial charge on any atom is 0.315 e. The first kappa shape index (κ1) is 12.2. The second kappa shape index (κ2) is 6.58. The van der Waals surface area contributed by atoms with Crippen molar-refractivity contribution in [2.75, 3.05) is 19.8 Å². The molecule has 6 heteroatoms. The van der Waals surface area contributed by atoms with Gasteiger partial charge in [-0.05, 0) is 19.3 Å². The van der Waals surface area contributed by atoms with E-state index >= 15 is 0 Å². The molecular formula is C9H17N3O2S. The molecule has 5 nitrogen and oxygen atoms in total. The molecule has 1 aliphatic heterocycles. The molecule has 1 fully saturated rings. The minimum Gasteiger partial charge on any atom is -0.393 e. The van der Waals surface area contributed by atoms with Gasteiger partial charge in [0.15, 0.2) is 0 Å². The SMILES string of the molecule is NC(=S)CCCNC(=O)NC1CCOC1. The van der Waals surface area contributed by atoms with E-state index in [-0.39, 0.29) is 12.1 Å². The van der Waals surface area contributed by atoms with Crippen LogP contribution in [0.5, 0.6) is 0 Å². The van der Waals surface area contributed by atoms with Crippen LogP contribution in [-0.2, 0) is 4.74 Å². The predicted molar refractivity (Wildman–Crippen MR) is 61.8 cm³/mol. The Morgan fingerprint density at radius 2 is 2.40 bits per heavy atom. The Kier molecular flexibility index (Phi) is 5.34. The van der Waals surface area contributed by atoms with Crippen LogP contribution in [-0.4, -0.2) is 36.8 Å². The molecular weight excluding hydrogens is 214 g/mol. The highest BCUT2D eigenvalue weighted by Crippen LogP contribution is 2.02. The fourth-order valence-electron chi connectivity index (χ4n) is 1.35. The van der Waals surface area contributed by atoms with Crippen LogP contribution in [0.15, 0.2) is 0 Å². The lowest BCUT2D eigenvalue weighted by Gasteiger charge is -2.11. The summed E-state index contributed by atoms with van der Waals surface area (Å²) in [5.74, 6) is 0. The number of ether oxygens (including phenoxy) is 1. The van der Waals surface area contributed by atoms with Gasteiger partial charge in [-0.3, -0.25) is 0 Å². The van der Waals surface area contributed by atoms with Crippen LogP contribution in [0, 0.1) is 0 Å². The third-order valence-corrected chi connectivity index (χ3v) is 2.35. The lowest BCUT2D eigenvalue weighted by molar-refractivity contribution is 0.188. The van der Waals surface area contributed by atoms with Crippen LogP contribution in [0.3, 0.4) is 0 Å². The van der Waals surface area contributed by atoms with Gasteiger partial charge >= 0.3 is 6.03 Å². The number of rotatable bonds is 5. The Bertz CT molecular complexity index is 229. The molecule has 1 unspecified atom stereocenters. The lowest BCUT2D eigenvalue weighted by Crippen LogP contribution is -2.42. The van der Waals surface area contributed by atoms with Crippen molar-refractivity contribution < 1.29 is 9.53 Å². The van der Waals surface area contributed by atoms with E-state index < -0.39 is 0 Å². The predicted octanol–water partition coefficient (Wildman–Crippen LogP) is 0.141. The topological polar surface area (TPSA) is 76.4 Å². The van der Waals surface area contributed by atoms with Gasteiger partial charge in [0.05, 0.1) is 17.6 Å². The van der Waals surface area contributed by atoms with Crippen LogP contribution in [0.2, 0.25) is 0 Å². The standard InChI is InChI=1S/C9H17N3O2S/c10-8(15)2-1-4-11-9(13)12-7-3-5-14-6-7/h7H,1-6H2,(H2,10,15)(H2,11,12,13). The smallest absolute Gasteiger partial charge is 0.315 e. The molecule has 0 saturated carbocycles. The van der Waals surface area contributed by atoms with Crippen molar-refractivity contribution in [1.82, 2.24) is 10.6 Å². The molecule has 1 atom stereocenters. The van der Waals surface area contributed by atoms with E-state index in [0.717, 1.165) is 19.4 Å². The van der Waals surface area contributed by atoms with Crippen molar-refractivity contribution >= 4 is 23.2 Å². The second-order valence-electron chi connectivity index (χ2n) is 3.53. The van der Waals surface area contributed by atoms with Gasteiger partial charge in [-0.1, -0.05) is 12.2 Å². The fourth-order valence-corrected chi connectivity index (χ4v) is 1.49. The van der Waals surface area contributed by atoms with Crippen molar-refractivity contribution in [3.8, 4) is 0 Å². The number of hydrogen-bond acceptors (Lipinski definition) is 3. The number of nitrogens with two attached hydrogens (primary N) is 1. The largest absolute Gasteiger partial charge is 0.393 e. The summed E-state index contributed by atoms with van der Waals surface area (Å²) in [4.78, 5) is 11.8. The van der Waals surface area contributed by atoms with E-state index in [9.17, 15) is 4.79 Å². The Morgan fingerprint density at radius 3 is 3.00 bits per heavy atom. The molecule has 1 saturated heterocycles. The second-order valence-corrected chi connectivity index (χ2v) is 4.05. The van der Waals surface area contributed by atoms with Gasteiger partial charge in [-0.2, -0.15) is 0 Å². The molecule has 4 N–H and O–H groups in total. The van der Waals surface area contributed by atoms with Gasteiger partial charge in [0.1, 0.15) is 0 Å². The minimum atomic E-state index is -0.145. The van der Waals surface area contributed by atoms with Crippen molar-refractivity contribution in [2.45, 2.75) is 25.3 Å². The molecule has 0 aromatic carbocycles. The Morgan fingerprint density at radius 1 is 1.60 bits per heavy atom. The van der Waals surface area contributed by atoms with Crippen molar-refractivity contribution in [1.29, 1.82) is 0 Å². The number of hydrogen-bond donors (Lipinski definition) is 3. The van der Waals surface area contributed by atoms with Gasteiger partial charge in [0.25, 0.3) is 0 Å². The maximum absolute atomic E-state index is 11.3. The molecule has 0 aromatic rings. The number of thiocarbonyl (C=S) groups is 1. The third-order valence-electron chi connectivity index (χ3n) is 2.15. The van der Waals surface area contributed by atoms with Gasteiger partial charge in [-0.25, -0.2) is 4.79 Å². The average molecular weight is 231 g/mol. The van der Waals surface area contributed by atoms with E-state index in [4.69, 9.17) is 22.7 Å². The van der Waals surface area contributed by atoms with Crippen LogP contribution < -0.4 is 16.4 Å². The molecule has 0 radical (unpaired) electrons. The van der Waals surface area contributed by atoms with Gasteiger partial charge in [0, 0.05) is 13.2 Å². The van der Waals surface area contributed by atoms with Crippen molar-refractivity contribution in [3.05, 3.63) is 0 Å². The third kappa shape index (κ3) is 5.54. The number of carbonyl (C=O) groups excluding carboxylic acids is 1. The van der Waals surface area contributed by atoms with E-state index in [1.165, 1.54) is 0 Å². The van der Waals surface area contributed by atoms with Crippen LogP contribution >= 0.6 is 12.2 Å². The van der Waals surface area contributed by atoms with E-state index in [2.05, 4.69) is 10.6 Å². The summed E-state index contributed by atoms with van der Waals surface area (Å²) in [6.07, 6.45) is 2.34. The average Bonchev–Trinajstić information content (AvgIpc) is 2.64. The fraction of sp³-hybridized carbons (Fsp3) is 0.778. The Hall–Kier alpha value is -0.880. The van der Waals surface area contributed by atoms with Gasteiger partial charge in [-0.15, -0.1) is 0 Å². The van der Waals surface area contributed by atoms with E-state index in [1.54, 1.807) is 0 Å². The molecule has 1 heterocycles. The first-order valence-corrected chi connectivity index (χ1v) is 5.49. The van der Waals surface area contributed by atoms with Crippen molar-refractivity contribution in [3.63, 3.8) is 0 Å². The molecule has 0 bridgehead atoms. The first-order valence-electron chi connectivity index (χ1n) is 5.09. The number of urea groups is 1. The van der Waals surface area contributed by atoms with Gasteiger partial charge < -0.3 is 21.1 Å². The number of amides is 2. The number of nitrogens with one attached hydrogen (secondary N) is 2. The lowest BCUT2D eigenvalue weighted by atomic mass is 10.3. The molecule has 0 spiro atoms. The highest BCUT2D eigenvalue weighted by molar-refractivity contribution is 7.80. The van der Waals surface area contributed by atoms with Crippen LogP contribution in [0.25, 0.3) is 0 Å². The Balaban J connectivity index is 2.00. The first-order chi connectivity index (χ1) is 7.18. The zero-order valence-corrected chi connectivity index (χ0v) is 9.44. The van der Waals surface area contributed by atoms with E-state index in [1.807, 2.05) is 0 Å². The Labute approximate surface area is 94.7 Å². The molecule has 1 rings (SSSR count). The minimum absolute atomic E-state index is 0.145. The summed E-state index contributed by atoms with van der Waals surface area (Å²) in [5.41, 5.74) is 5.33. The molecule has 2 amide bonds. The maximum atomic E-state index is 11.3. The van der Waals surface area contributed by atoms with E-state index in [0.29, 0.717) is 24.6 Å². The quantitative estimate of drug-likeness (QED) is 0.465. The summed E-state index contributed by atoms with van der Waals surface area (Å²) < 4.78 is 5.14. The van der Waals surface area contributed by atoms with Crippen molar-refractivity contribution in [2.24, 2.45) is 5.73 Å². The summed E-state index contributed by atoms with van der Waals surface area (Å²) in [7, 11) is 0. The zero-order chi connectivity index (χ0) is 11.1. The summed E-state index contributed by atoms with van der Waals surface area (Å²) in [5, 5.41) is 5.57.